The summed E-state index contributed by atoms with van der Waals surface area (Å²) < 4.78 is 4.83. The van der Waals surface area contributed by atoms with Gasteiger partial charge in [-0.15, -0.1) is 0 Å². The number of aldehydes is 1. The molecule has 19 heavy (non-hydrogen) atoms. The Hall–Kier alpha value is -1.42. The number of rotatable bonds is 9. The van der Waals surface area contributed by atoms with Crippen molar-refractivity contribution in [1.82, 2.24) is 10.6 Å². The van der Waals surface area contributed by atoms with Crippen molar-refractivity contribution in [3.63, 3.8) is 0 Å². The number of carbonyl (C=O) groups is 1. The third kappa shape index (κ3) is 19.1. The molecule has 0 aromatic rings. The van der Waals surface area contributed by atoms with E-state index in [1.54, 1.807) is 5.94 Å². The Morgan fingerprint density at radius 1 is 1.32 bits per heavy atom. The Balaban J connectivity index is 0. The lowest BCUT2D eigenvalue weighted by Gasteiger charge is -2.09. The molecule has 0 bridgehead atoms. The van der Waals surface area contributed by atoms with E-state index in [0.717, 1.165) is 31.7 Å². The van der Waals surface area contributed by atoms with E-state index < -0.39 is 0 Å². The fourth-order valence-corrected chi connectivity index (χ4v) is 1.09. The van der Waals surface area contributed by atoms with Gasteiger partial charge in [-0.1, -0.05) is 0 Å². The average molecular weight is 270 g/mol. The Morgan fingerprint density at radius 3 is 2.37 bits per heavy atom. The summed E-state index contributed by atoms with van der Waals surface area (Å²) in [5, 5.41) is 6.12. The smallest absolute Gasteiger partial charge is 0.144 e. The molecule has 2 N–H and O–H groups in total. The topological polar surface area (TPSA) is 67.4 Å². The summed E-state index contributed by atoms with van der Waals surface area (Å²) >= 11 is 0. The summed E-state index contributed by atoms with van der Waals surface area (Å²) in [4.78, 5) is 20.0. The maximum absolute atomic E-state index is 10.1. The number of allylic oxidation sites excluding steroid dienone is 2. The minimum atomic E-state index is 0.0321. The highest BCUT2D eigenvalue weighted by Crippen LogP contribution is 1.82. The second-order valence-corrected chi connectivity index (χ2v) is 3.72. The van der Waals surface area contributed by atoms with Gasteiger partial charge in [0.25, 0.3) is 0 Å². The average Bonchev–Trinajstić information content (AvgIpc) is 2.37. The lowest BCUT2D eigenvalue weighted by Crippen LogP contribution is -2.31. The largest absolute Gasteiger partial charge is 0.387 e. The van der Waals surface area contributed by atoms with E-state index in [9.17, 15) is 9.59 Å². The molecule has 0 heterocycles. The molecule has 0 aromatic heterocycles. The van der Waals surface area contributed by atoms with Gasteiger partial charge in [0.15, 0.2) is 0 Å². The van der Waals surface area contributed by atoms with Gasteiger partial charge >= 0.3 is 0 Å². The van der Waals surface area contributed by atoms with Crippen molar-refractivity contribution >= 4 is 12.2 Å². The molecule has 0 rings (SSSR count). The molecule has 0 saturated carbocycles. The van der Waals surface area contributed by atoms with Crippen LogP contribution in [0.5, 0.6) is 0 Å². The quantitative estimate of drug-likeness (QED) is 0.284. The normalized spacial score (nSPS) is 11.7. The highest BCUT2D eigenvalue weighted by atomic mass is 16.5. The van der Waals surface area contributed by atoms with Crippen molar-refractivity contribution in [3.05, 3.63) is 17.8 Å². The molecule has 0 saturated heterocycles. The molecule has 0 amide bonds. The second-order valence-electron chi connectivity index (χ2n) is 3.72. The highest BCUT2D eigenvalue weighted by Gasteiger charge is 1.94. The van der Waals surface area contributed by atoms with Crippen LogP contribution in [0.2, 0.25) is 0 Å². The Bertz CT molecular complexity index is 282. The van der Waals surface area contributed by atoms with Crippen LogP contribution in [0, 0.1) is 0 Å². The minimum absolute atomic E-state index is 0.0321. The van der Waals surface area contributed by atoms with Gasteiger partial charge in [0.05, 0.1) is 0 Å². The fraction of sp³-hybridized carbons (Fsp3) is 0.643. The summed E-state index contributed by atoms with van der Waals surface area (Å²) in [5.41, 5.74) is 0.834. The van der Waals surface area contributed by atoms with Crippen molar-refractivity contribution in [2.75, 3.05) is 26.3 Å². The summed E-state index contributed by atoms with van der Waals surface area (Å²) in [5.74, 6) is 1.72. The Kier molecular flexibility index (Phi) is 17.4. The third-order valence-electron chi connectivity index (χ3n) is 2.04. The summed E-state index contributed by atoms with van der Waals surface area (Å²) in [6.45, 7) is 10.8. The van der Waals surface area contributed by atoms with Crippen LogP contribution in [0.3, 0.4) is 0 Å². The number of nitrogens with one attached hydrogen (secondary N) is 2. The van der Waals surface area contributed by atoms with Gasteiger partial charge < -0.3 is 15.4 Å². The lowest BCUT2D eigenvalue weighted by atomic mass is 10.3. The zero-order valence-corrected chi connectivity index (χ0v) is 12.4. The first kappa shape index (κ1) is 19.9. The SMILES string of the molecule is CC(=CC=O)NCCNC(C)C=C=O.CCOCC. The molecular formula is C14H26N2O3. The Morgan fingerprint density at radius 2 is 1.95 bits per heavy atom. The summed E-state index contributed by atoms with van der Waals surface area (Å²) in [7, 11) is 0. The number of hydrogen-bond donors (Lipinski definition) is 2. The molecule has 1 unspecified atom stereocenters. The van der Waals surface area contributed by atoms with Crippen molar-refractivity contribution in [2.24, 2.45) is 0 Å². The monoisotopic (exact) mass is 270 g/mol. The van der Waals surface area contributed by atoms with Crippen molar-refractivity contribution in [3.8, 4) is 0 Å². The molecule has 0 aliphatic heterocycles. The van der Waals surface area contributed by atoms with Crippen LogP contribution in [0.25, 0.3) is 0 Å². The summed E-state index contributed by atoms with van der Waals surface area (Å²) in [6, 6.07) is 0.0321. The number of ether oxygens (including phenoxy) is 1. The molecule has 5 nitrogen and oxygen atoms in total. The molecule has 110 valence electrons. The standard InChI is InChI=1S/C10H16N2O2.C4H10O/c1-9(3-7-13)11-5-6-12-10(2)4-8-14;1-3-5-4-2/h3-4,7,10-12H,5-6H2,1-2H3;3-4H2,1-2H3. The molecule has 0 radical (unpaired) electrons. The summed E-state index contributed by atoms with van der Waals surface area (Å²) in [6.07, 6.45) is 3.64. The number of carbonyl (C=O) groups excluding carboxylic acids is 2. The lowest BCUT2D eigenvalue weighted by molar-refractivity contribution is -0.104. The molecule has 0 fully saturated rings. The zero-order valence-electron chi connectivity index (χ0n) is 12.4. The van der Waals surface area contributed by atoms with Gasteiger partial charge in [-0.3, -0.25) is 4.79 Å². The molecule has 0 aliphatic carbocycles. The fourth-order valence-electron chi connectivity index (χ4n) is 1.09. The van der Waals surface area contributed by atoms with E-state index in [-0.39, 0.29) is 6.04 Å². The molecule has 5 heteroatoms. The van der Waals surface area contributed by atoms with Crippen LogP contribution in [-0.2, 0) is 14.3 Å². The van der Waals surface area contributed by atoms with Crippen LogP contribution < -0.4 is 10.6 Å². The van der Waals surface area contributed by atoms with E-state index in [1.807, 2.05) is 27.7 Å². The van der Waals surface area contributed by atoms with Crippen LogP contribution >= 0.6 is 0 Å². The maximum atomic E-state index is 10.1. The predicted octanol–water partition coefficient (Wildman–Crippen LogP) is 1.09. The van der Waals surface area contributed by atoms with Crippen LogP contribution in [0.4, 0.5) is 0 Å². The van der Waals surface area contributed by atoms with Gasteiger partial charge in [0.2, 0.25) is 0 Å². The maximum Gasteiger partial charge on any atom is 0.144 e. The highest BCUT2D eigenvalue weighted by molar-refractivity contribution is 5.65. The van der Waals surface area contributed by atoms with E-state index >= 15 is 0 Å². The molecule has 1 atom stereocenters. The predicted molar refractivity (Wildman–Crippen MR) is 77.7 cm³/mol. The van der Waals surface area contributed by atoms with Crippen molar-refractivity contribution in [2.45, 2.75) is 33.7 Å². The van der Waals surface area contributed by atoms with Crippen molar-refractivity contribution < 1.29 is 14.3 Å². The van der Waals surface area contributed by atoms with Gasteiger partial charge in [-0.25, -0.2) is 4.79 Å². The van der Waals surface area contributed by atoms with E-state index in [2.05, 4.69) is 10.6 Å². The van der Waals surface area contributed by atoms with Crippen LogP contribution in [0.1, 0.15) is 27.7 Å². The first-order valence-electron chi connectivity index (χ1n) is 6.50. The second kappa shape index (κ2) is 16.6. The van der Waals surface area contributed by atoms with Crippen LogP contribution in [0.15, 0.2) is 17.8 Å². The first-order valence-corrected chi connectivity index (χ1v) is 6.50. The molecule has 0 aliphatic rings. The van der Waals surface area contributed by atoms with Crippen molar-refractivity contribution in [1.29, 1.82) is 0 Å². The van der Waals surface area contributed by atoms with Crippen LogP contribution in [-0.4, -0.2) is 44.6 Å². The zero-order chi connectivity index (χ0) is 14.9. The number of hydrogen-bond acceptors (Lipinski definition) is 5. The Labute approximate surface area is 116 Å². The van der Waals surface area contributed by atoms with Gasteiger partial charge in [0.1, 0.15) is 12.2 Å². The van der Waals surface area contributed by atoms with Gasteiger partial charge in [-0.05, 0) is 33.8 Å². The molecular weight excluding hydrogens is 244 g/mol. The third-order valence-corrected chi connectivity index (χ3v) is 2.04. The molecule has 0 spiro atoms. The van der Waals surface area contributed by atoms with E-state index in [0.29, 0.717) is 6.54 Å². The minimum Gasteiger partial charge on any atom is -0.387 e. The van der Waals surface area contributed by atoms with Gasteiger partial charge in [0, 0.05) is 44.1 Å². The van der Waals surface area contributed by atoms with Gasteiger partial charge in [-0.2, -0.15) is 0 Å². The first-order chi connectivity index (χ1) is 9.12. The molecule has 0 aromatic carbocycles. The van der Waals surface area contributed by atoms with E-state index in [4.69, 9.17) is 4.74 Å². The van der Waals surface area contributed by atoms with E-state index in [1.165, 1.54) is 12.2 Å².